The van der Waals surface area contributed by atoms with Gasteiger partial charge in [-0.05, 0) is 48.7 Å². The first-order valence-corrected chi connectivity index (χ1v) is 10.7. The summed E-state index contributed by atoms with van der Waals surface area (Å²) in [7, 11) is 1.63. The Balaban J connectivity index is 0.00000274. The highest BCUT2D eigenvalue weighted by Gasteiger charge is 2.12. The third-order valence-corrected chi connectivity index (χ3v) is 5.32. The number of nitrogens with one attached hydrogen (secondary N) is 3. The molecule has 2 aromatic carbocycles. The van der Waals surface area contributed by atoms with Gasteiger partial charge in [0.1, 0.15) is 18.8 Å². The summed E-state index contributed by atoms with van der Waals surface area (Å²) in [6, 6.07) is 15.9. The van der Waals surface area contributed by atoms with Crippen LogP contribution in [0.25, 0.3) is 21.8 Å². The Hall–Kier alpha value is -4.04. The van der Waals surface area contributed by atoms with Gasteiger partial charge in [-0.15, -0.1) is 12.4 Å². The fourth-order valence-corrected chi connectivity index (χ4v) is 3.71. The highest BCUT2D eigenvalue weighted by molar-refractivity contribution is 5.94. The monoisotopic (exact) mass is 476 g/mol. The zero-order chi connectivity index (χ0) is 22.6. The summed E-state index contributed by atoms with van der Waals surface area (Å²) in [5.41, 5.74) is 4.73. The minimum absolute atomic E-state index is 0. The van der Waals surface area contributed by atoms with Gasteiger partial charge in [-0.25, -0.2) is 9.97 Å². The molecular weight excluding hydrogens is 452 g/mol. The van der Waals surface area contributed by atoms with Gasteiger partial charge in [-0.1, -0.05) is 6.07 Å². The third kappa shape index (κ3) is 4.97. The molecule has 0 bridgehead atoms. The van der Waals surface area contributed by atoms with Gasteiger partial charge >= 0.3 is 0 Å². The molecule has 0 fully saturated rings. The Morgan fingerprint density at radius 1 is 0.941 bits per heavy atom. The maximum atomic E-state index is 6.00. The summed E-state index contributed by atoms with van der Waals surface area (Å²) < 4.78 is 11.6. The van der Waals surface area contributed by atoms with Crippen molar-refractivity contribution in [3.05, 3.63) is 72.9 Å². The molecular formula is C25H25ClN6O2. The van der Waals surface area contributed by atoms with Gasteiger partial charge in [0, 0.05) is 53.0 Å². The van der Waals surface area contributed by atoms with Crippen molar-refractivity contribution in [2.24, 2.45) is 0 Å². The fourth-order valence-electron chi connectivity index (χ4n) is 3.71. The van der Waals surface area contributed by atoms with E-state index in [0.29, 0.717) is 30.5 Å². The van der Waals surface area contributed by atoms with Crippen LogP contribution in [-0.4, -0.2) is 40.2 Å². The predicted octanol–water partition coefficient (Wildman–Crippen LogP) is 5.48. The van der Waals surface area contributed by atoms with Gasteiger partial charge < -0.3 is 25.1 Å². The molecule has 0 aliphatic heterocycles. The van der Waals surface area contributed by atoms with Crippen molar-refractivity contribution in [1.29, 1.82) is 0 Å². The van der Waals surface area contributed by atoms with Crippen LogP contribution in [0.4, 0.5) is 17.2 Å². The van der Waals surface area contributed by atoms with Crippen LogP contribution in [0.5, 0.6) is 11.5 Å². The quantitative estimate of drug-likeness (QED) is 0.255. The van der Waals surface area contributed by atoms with E-state index in [4.69, 9.17) is 9.47 Å². The average Bonchev–Trinajstić information content (AvgIpc) is 3.29. The van der Waals surface area contributed by atoms with E-state index in [2.05, 4.69) is 42.7 Å². The van der Waals surface area contributed by atoms with Crippen molar-refractivity contribution in [2.75, 3.05) is 30.9 Å². The molecule has 0 radical (unpaired) electrons. The molecule has 0 aliphatic rings. The summed E-state index contributed by atoms with van der Waals surface area (Å²) >= 11 is 0. The number of anilines is 3. The van der Waals surface area contributed by atoms with Gasteiger partial charge in [0.2, 0.25) is 0 Å². The number of ether oxygens (including phenoxy) is 2. The molecule has 0 saturated carbocycles. The smallest absolute Gasteiger partial charge is 0.163 e. The molecule has 3 N–H and O–H groups in total. The molecule has 3 heterocycles. The fraction of sp³-hybridized carbons (Fsp3) is 0.160. The zero-order valence-corrected chi connectivity index (χ0v) is 19.6. The number of aromatic nitrogens is 4. The lowest BCUT2D eigenvalue weighted by Crippen LogP contribution is -2.12. The summed E-state index contributed by atoms with van der Waals surface area (Å²) in [4.78, 5) is 16.3. The van der Waals surface area contributed by atoms with Gasteiger partial charge in [-0.3, -0.25) is 4.98 Å². The number of rotatable bonds is 8. The standard InChI is InChI=1S/C25H24N6O2.ClH/c1-16-11-18(6-8-26-16)27-9-10-33-24-14-22-20(13-23(24)32-2)25(30-15-29-22)31-19-4-3-17-5-7-28-21(17)12-19;/h3-8,11-15,28H,9-10H2,1-2H3,(H,26,27)(H,29,30,31);1H. The van der Waals surface area contributed by atoms with Crippen molar-refractivity contribution in [3.8, 4) is 11.5 Å². The van der Waals surface area contributed by atoms with E-state index in [9.17, 15) is 0 Å². The molecule has 0 saturated heterocycles. The number of hydrogen-bond donors (Lipinski definition) is 3. The van der Waals surface area contributed by atoms with Crippen LogP contribution in [-0.2, 0) is 0 Å². The van der Waals surface area contributed by atoms with E-state index in [1.54, 1.807) is 19.6 Å². The van der Waals surface area contributed by atoms with Crippen molar-refractivity contribution in [3.63, 3.8) is 0 Å². The van der Waals surface area contributed by atoms with Crippen molar-refractivity contribution < 1.29 is 9.47 Å². The maximum Gasteiger partial charge on any atom is 0.163 e. The number of pyridine rings is 1. The number of aryl methyl sites for hydroxylation is 1. The molecule has 9 heteroatoms. The number of aromatic amines is 1. The number of nitrogens with zero attached hydrogens (tertiary/aromatic N) is 3. The van der Waals surface area contributed by atoms with E-state index in [-0.39, 0.29) is 12.4 Å². The van der Waals surface area contributed by atoms with Crippen LogP contribution in [0.1, 0.15) is 5.69 Å². The number of methoxy groups -OCH3 is 1. The summed E-state index contributed by atoms with van der Waals surface area (Å²) in [6.07, 6.45) is 5.25. The number of H-pyrrole nitrogens is 1. The molecule has 0 amide bonds. The Kier molecular flexibility index (Phi) is 6.98. The molecule has 0 spiro atoms. The first kappa shape index (κ1) is 23.1. The van der Waals surface area contributed by atoms with Crippen LogP contribution in [0.2, 0.25) is 0 Å². The highest BCUT2D eigenvalue weighted by atomic mass is 35.5. The lowest BCUT2D eigenvalue weighted by Gasteiger charge is -2.14. The summed E-state index contributed by atoms with van der Waals surface area (Å²) in [5, 5.41) is 8.73. The highest BCUT2D eigenvalue weighted by Crippen LogP contribution is 2.35. The molecule has 0 aliphatic carbocycles. The van der Waals surface area contributed by atoms with Crippen molar-refractivity contribution in [2.45, 2.75) is 6.92 Å². The van der Waals surface area contributed by atoms with Crippen molar-refractivity contribution >= 4 is 51.4 Å². The topological polar surface area (TPSA) is 97.0 Å². The Bertz CT molecular complexity index is 1420. The number of hydrogen-bond acceptors (Lipinski definition) is 7. The van der Waals surface area contributed by atoms with Gasteiger partial charge in [-0.2, -0.15) is 0 Å². The van der Waals surface area contributed by atoms with E-state index in [1.807, 2.05) is 49.5 Å². The van der Waals surface area contributed by atoms with Gasteiger partial charge in [0.15, 0.2) is 11.5 Å². The normalized spacial score (nSPS) is 10.6. The second-order valence-corrected chi connectivity index (χ2v) is 7.61. The molecule has 5 aromatic rings. The lowest BCUT2D eigenvalue weighted by atomic mass is 10.2. The van der Waals surface area contributed by atoms with Crippen LogP contribution in [0.3, 0.4) is 0 Å². The first-order chi connectivity index (χ1) is 16.2. The zero-order valence-electron chi connectivity index (χ0n) is 18.8. The molecule has 174 valence electrons. The average molecular weight is 477 g/mol. The van der Waals surface area contributed by atoms with E-state index < -0.39 is 0 Å². The molecule has 8 nitrogen and oxygen atoms in total. The van der Waals surface area contributed by atoms with Crippen LogP contribution in [0.15, 0.2) is 67.3 Å². The third-order valence-electron chi connectivity index (χ3n) is 5.32. The van der Waals surface area contributed by atoms with E-state index >= 15 is 0 Å². The first-order valence-electron chi connectivity index (χ1n) is 10.7. The van der Waals surface area contributed by atoms with Crippen LogP contribution < -0.4 is 20.1 Å². The molecule has 3 aromatic heterocycles. The molecule has 0 unspecified atom stereocenters. The molecule has 5 rings (SSSR count). The Morgan fingerprint density at radius 3 is 2.71 bits per heavy atom. The van der Waals surface area contributed by atoms with Gasteiger partial charge in [0.05, 0.1) is 12.6 Å². The molecule has 0 atom stereocenters. The summed E-state index contributed by atoms with van der Waals surface area (Å²) in [6.45, 7) is 3.07. The minimum atomic E-state index is 0. The van der Waals surface area contributed by atoms with Crippen LogP contribution >= 0.6 is 12.4 Å². The lowest BCUT2D eigenvalue weighted by molar-refractivity contribution is 0.306. The predicted molar refractivity (Wildman–Crippen MR) is 138 cm³/mol. The maximum absolute atomic E-state index is 6.00. The van der Waals surface area contributed by atoms with Gasteiger partial charge in [0.25, 0.3) is 0 Å². The second kappa shape index (κ2) is 10.3. The van der Waals surface area contributed by atoms with Crippen molar-refractivity contribution in [1.82, 2.24) is 19.9 Å². The number of benzene rings is 2. The largest absolute Gasteiger partial charge is 0.493 e. The van der Waals surface area contributed by atoms with E-state index in [0.717, 1.165) is 38.9 Å². The number of fused-ring (bicyclic) bond motifs is 2. The Labute approximate surface area is 203 Å². The van der Waals surface area contributed by atoms with Crippen LogP contribution in [0, 0.1) is 6.92 Å². The minimum Gasteiger partial charge on any atom is -0.493 e. The Morgan fingerprint density at radius 2 is 1.85 bits per heavy atom. The second-order valence-electron chi connectivity index (χ2n) is 7.61. The SMILES string of the molecule is COc1cc2c(Nc3ccc4cc[nH]c4c3)ncnc2cc1OCCNc1ccnc(C)c1.Cl. The summed E-state index contributed by atoms with van der Waals surface area (Å²) in [5.74, 6) is 1.96. The number of halogens is 1. The van der Waals surface area contributed by atoms with E-state index in [1.165, 1.54) is 0 Å². The molecule has 34 heavy (non-hydrogen) atoms.